The van der Waals surface area contributed by atoms with Crippen LogP contribution in [0.5, 0.6) is 5.75 Å². The lowest BCUT2D eigenvalue weighted by molar-refractivity contribution is -0.127. The molecule has 34 heavy (non-hydrogen) atoms. The van der Waals surface area contributed by atoms with Crippen LogP contribution in [0.2, 0.25) is 0 Å². The predicted octanol–water partition coefficient (Wildman–Crippen LogP) is 4.48. The molecule has 3 aromatic carbocycles. The number of benzene rings is 3. The quantitative estimate of drug-likeness (QED) is 0.627. The highest BCUT2D eigenvalue weighted by molar-refractivity contribution is 5.98. The van der Waals surface area contributed by atoms with Crippen molar-refractivity contribution in [2.45, 2.75) is 42.7 Å². The summed E-state index contributed by atoms with van der Waals surface area (Å²) in [7, 11) is 5.67. The monoisotopic (exact) mass is 458 g/mol. The molecule has 1 aliphatic heterocycles. The largest absolute Gasteiger partial charge is 0.497 e. The number of fused-ring (bicyclic) bond motifs is 2. The summed E-state index contributed by atoms with van der Waals surface area (Å²) >= 11 is 0. The molecule has 1 saturated carbocycles. The van der Waals surface area contributed by atoms with Gasteiger partial charge in [-0.3, -0.25) is 4.79 Å². The fourth-order valence-electron chi connectivity index (χ4n) is 6.29. The summed E-state index contributed by atoms with van der Waals surface area (Å²) in [6.07, 6.45) is 3.03. The molecule has 3 aromatic rings. The number of aliphatic hydroxyl groups is 1. The Morgan fingerprint density at radius 2 is 1.85 bits per heavy atom. The van der Waals surface area contributed by atoms with E-state index in [0.717, 1.165) is 47.9 Å². The minimum Gasteiger partial charge on any atom is -0.497 e. The Balaban J connectivity index is 1.48. The van der Waals surface area contributed by atoms with Gasteiger partial charge in [0.1, 0.15) is 5.75 Å². The minimum absolute atomic E-state index is 0.0370. The van der Waals surface area contributed by atoms with Gasteiger partial charge in [-0.15, -0.1) is 0 Å². The van der Waals surface area contributed by atoms with Crippen LogP contribution in [0, 0.1) is 0 Å². The summed E-state index contributed by atoms with van der Waals surface area (Å²) < 4.78 is 5.53. The van der Waals surface area contributed by atoms with Crippen molar-refractivity contribution in [3.8, 4) is 5.75 Å². The second-order valence-electron chi connectivity index (χ2n) is 10.2. The number of rotatable bonds is 4. The number of piperidine rings is 1. The summed E-state index contributed by atoms with van der Waals surface area (Å²) in [5.41, 5.74) is 0.560. The Morgan fingerprint density at radius 3 is 2.65 bits per heavy atom. The van der Waals surface area contributed by atoms with E-state index in [1.165, 1.54) is 0 Å². The van der Waals surface area contributed by atoms with Crippen molar-refractivity contribution in [1.82, 2.24) is 9.80 Å². The number of nitrogens with zero attached hydrogens (tertiary/aromatic N) is 2. The summed E-state index contributed by atoms with van der Waals surface area (Å²) in [5.74, 6) is 0.839. The van der Waals surface area contributed by atoms with Crippen molar-refractivity contribution in [3.63, 3.8) is 0 Å². The third kappa shape index (κ3) is 3.77. The Bertz CT molecular complexity index is 1210. The smallest absolute Gasteiger partial charge is 0.253 e. The van der Waals surface area contributed by atoms with E-state index in [9.17, 15) is 9.90 Å². The second kappa shape index (κ2) is 8.71. The fourth-order valence-corrected chi connectivity index (χ4v) is 6.29. The van der Waals surface area contributed by atoms with Crippen LogP contribution in [-0.2, 0) is 5.41 Å². The number of ether oxygens (including phenoxy) is 1. The fraction of sp³-hybridized carbons (Fsp3) is 0.414. The van der Waals surface area contributed by atoms with E-state index in [0.29, 0.717) is 18.5 Å². The number of carbonyl (C=O) groups is 1. The molecule has 0 aromatic heterocycles. The van der Waals surface area contributed by atoms with Gasteiger partial charge in [-0.2, -0.15) is 0 Å². The summed E-state index contributed by atoms with van der Waals surface area (Å²) in [6, 6.07) is 22.2. The van der Waals surface area contributed by atoms with E-state index >= 15 is 0 Å². The first-order chi connectivity index (χ1) is 16.3. The van der Waals surface area contributed by atoms with Crippen molar-refractivity contribution in [2.24, 2.45) is 0 Å². The topological polar surface area (TPSA) is 53.0 Å². The van der Waals surface area contributed by atoms with Crippen molar-refractivity contribution in [2.75, 3.05) is 34.3 Å². The van der Waals surface area contributed by atoms with E-state index in [2.05, 4.69) is 30.1 Å². The highest BCUT2D eigenvalue weighted by Gasteiger charge is 2.57. The molecule has 3 atom stereocenters. The first-order valence-electron chi connectivity index (χ1n) is 12.2. The average Bonchev–Trinajstić information content (AvgIpc) is 2.87. The van der Waals surface area contributed by atoms with Crippen LogP contribution in [0.4, 0.5) is 0 Å². The van der Waals surface area contributed by atoms with Crippen LogP contribution < -0.4 is 4.74 Å². The van der Waals surface area contributed by atoms with Crippen LogP contribution in [0.1, 0.15) is 41.6 Å². The molecule has 0 bridgehead atoms. The van der Waals surface area contributed by atoms with Crippen LogP contribution in [-0.4, -0.2) is 66.8 Å². The number of hydrogen-bond acceptors (Lipinski definition) is 4. The van der Waals surface area contributed by atoms with Gasteiger partial charge in [0.05, 0.1) is 12.7 Å². The molecule has 2 aliphatic rings. The van der Waals surface area contributed by atoms with E-state index in [1.54, 1.807) is 7.11 Å². The van der Waals surface area contributed by atoms with Crippen LogP contribution in [0.15, 0.2) is 66.7 Å². The first kappa shape index (κ1) is 22.9. The van der Waals surface area contributed by atoms with Crippen LogP contribution >= 0.6 is 0 Å². The normalized spacial score (nSPS) is 27.2. The highest BCUT2D eigenvalue weighted by atomic mass is 16.5. The molecular weight excluding hydrogens is 424 g/mol. The van der Waals surface area contributed by atoms with Gasteiger partial charge in [0, 0.05) is 30.6 Å². The standard InChI is InChI=1S/C29H34N2O3/c1-30-16-15-28(24-9-6-10-26(18-24)34-3)19-25(13-14-29(28,33)20-30)31(2)27(32)23-12-11-21-7-4-5-8-22(21)17-23/h4-12,17-18,25,33H,13-16,19-20H2,1-3H3/t25-,28+,29+/m1/s1. The molecule has 2 fully saturated rings. The van der Waals surface area contributed by atoms with E-state index < -0.39 is 11.0 Å². The van der Waals surface area contributed by atoms with Gasteiger partial charge in [-0.1, -0.05) is 42.5 Å². The Hall–Kier alpha value is -2.89. The maximum atomic E-state index is 13.6. The number of hydrogen-bond donors (Lipinski definition) is 1. The van der Waals surface area contributed by atoms with Gasteiger partial charge < -0.3 is 19.6 Å². The van der Waals surface area contributed by atoms with Crippen LogP contribution in [0.3, 0.4) is 0 Å². The summed E-state index contributed by atoms with van der Waals surface area (Å²) in [5, 5.41) is 14.2. The van der Waals surface area contributed by atoms with Gasteiger partial charge >= 0.3 is 0 Å². The lowest BCUT2D eigenvalue weighted by Gasteiger charge is -2.58. The van der Waals surface area contributed by atoms with E-state index in [4.69, 9.17) is 4.74 Å². The number of carbonyl (C=O) groups excluding carboxylic acids is 1. The number of likely N-dealkylation sites (N-methyl/N-ethyl adjacent to an activating group) is 1. The maximum Gasteiger partial charge on any atom is 0.253 e. The van der Waals surface area contributed by atoms with Crippen molar-refractivity contribution >= 4 is 16.7 Å². The van der Waals surface area contributed by atoms with E-state index in [-0.39, 0.29) is 11.9 Å². The molecule has 0 unspecified atom stereocenters. The molecule has 1 N–H and O–H groups in total. The molecule has 1 aliphatic carbocycles. The molecule has 5 nitrogen and oxygen atoms in total. The number of methoxy groups -OCH3 is 1. The van der Waals surface area contributed by atoms with Gasteiger partial charge in [-0.05, 0) is 79.9 Å². The molecule has 1 saturated heterocycles. The molecule has 0 radical (unpaired) electrons. The Kier molecular flexibility index (Phi) is 5.86. The summed E-state index contributed by atoms with van der Waals surface area (Å²) in [6.45, 7) is 1.55. The highest BCUT2D eigenvalue weighted by Crippen LogP contribution is 2.52. The minimum atomic E-state index is -0.838. The number of amides is 1. The third-order valence-electron chi connectivity index (χ3n) is 8.30. The number of likely N-dealkylation sites (tertiary alicyclic amines) is 1. The lowest BCUT2D eigenvalue weighted by atomic mass is 9.55. The molecule has 178 valence electrons. The zero-order chi connectivity index (χ0) is 23.9. The van der Waals surface area contributed by atoms with Crippen molar-refractivity contribution in [1.29, 1.82) is 0 Å². The van der Waals surface area contributed by atoms with E-state index in [1.807, 2.05) is 60.5 Å². The predicted molar refractivity (Wildman–Crippen MR) is 135 cm³/mol. The molecule has 1 amide bonds. The summed E-state index contributed by atoms with van der Waals surface area (Å²) in [4.78, 5) is 17.7. The van der Waals surface area contributed by atoms with Gasteiger partial charge in [0.2, 0.25) is 0 Å². The van der Waals surface area contributed by atoms with Gasteiger partial charge in [0.15, 0.2) is 0 Å². The Labute approximate surface area is 201 Å². The van der Waals surface area contributed by atoms with Gasteiger partial charge in [0.25, 0.3) is 5.91 Å². The second-order valence-corrected chi connectivity index (χ2v) is 10.2. The molecular formula is C29H34N2O3. The molecule has 5 heteroatoms. The van der Waals surface area contributed by atoms with Crippen LogP contribution in [0.25, 0.3) is 10.8 Å². The van der Waals surface area contributed by atoms with Crippen molar-refractivity contribution < 1.29 is 14.6 Å². The molecule has 0 spiro atoms. The average molecular weight is 459 g/mol. The Morgan fingerprint density at radius 1 is 1.06 bits per heavy atom. The number of β-amino-alcohol motifs (C(OH)–C–C–N with tert-alkyl or cyclic N) is 1. The molecule has 5 rings (SSSR count). The maximum absolute atomic E-state index is 13.6. The zero-order valence-corrected chi connectivity index (χ0v) is 20.3. The van der Waals surface area contributed by atoms with Crippen molar-refractivity contribution in [3.05, 3.63) is 77.9 Å². The third-order valence-corrected chi connectivity index (χ3v) is 8.30. The SMILES string of the molecule is COc1cccc([C@@]23CCN(C)C[C@@]2(O)CC[C@@H](N(C)C(=O)c2ccc4ccccc4c2)C3)c1. The lowest BCUT2D eigenvalue weighted by Crippen LogP contribution is -2.66. The molecule has 1 heterocycles. The first-order valence-corrected chi connectivity index (χ1v) is 12.2. The zero-order valence-electron chi connectivity index (χ0n) is 20.3. The van der Waals surface area contributed by atoms with Gasteiger partial charge in [-0.25, -0.2) is 0 Å².